The fourth-order valence-corrected chi connectivity index (χ4v) is 2.88. The predicted octanol–water partition coefficient (Wildman–Crippen LogP) is 1.42. The molecule has 0 unspecified atom stereocenters. The normalized spacial score (nSPS) is 14.0. The number of benzene rings is 1. The molecule has 0 saturated carbocycles. The highest BCUT2D eigenvalue weighted by Gasteiger charge is 2.22. The van der Waals surface area contributed by atoms with E-state index in [9.17, 15) is 9.59 Å². The number of Topliss-reactive ketones (excluding diaryl/α,β-unsaturated/α-hetero) is 1. The van der Waals surface area contributed by atoms with E-state index in [2.05, 4.69) is 15.1 Å². The topological polar surface area (TPSA) is 84.9 Å². The molecule has 2 heterocycles. The van der Waals surface area contributed by atoms with Gasteiger partial charge in [-0.3, -0.25) is 9.59 Å². The second-order valence-electron chi connectivity index (χ2n) is 6.16. The van der Waals surface area contributed by atoms with E-state index in [-0.39, 0.29) is 18.3 Å². The number of amides is 1. The van der Waals surface area contributed by atoms with Gasteiger partial charge >= 0.3 is 0 Å². The van der Waals surface area contributed by atoms with Crippen molar-refractivity contribution in [2.75, 3.05) is 44.8 Å². The maximum absolute atomic E-state index is 12.4. The molecule has 0 radical (unpaired) electrons. The summed E-state index contributed by atoms with van der Waals surface area (Å²) in [5, 5.41) is 7.98. The minimum absolute atomic E-state index is 0.0584. The molecule has 1 fully saturated rings. The number of ketones is 1. The van der Waals surface area contributed by atoms with Crippen LogP contribution < -0.4 is 14.4 Å². The number of anilines is 1. The van der Waals surface area contributed by atoms with Crippen molar-refractivity contribution in [3.05, 3.63) is 42.1 Å². The standard InChI is InChI=1S/C19H22N4O4/c1-14(24)15-5-6-16(17(12-15)26-2)27-13-19(25)23-10-8-22(9-11-23)18-4-3-7-20-21-18/h3-7,12H,8-11,13H2,1-2H3. The molecule has 1 aromatic heterocycles. The summed E-state index contributed by atoms with van der Waals surface area (Å²) in [6, 6.07) is 8.67. The highest BCUT2D eigenvalue weighted by Crippen LogP contribution is 2.28. The Morgan fingerprint density at radius 3 is 2.52 bits per heavy atom. The first-order chi connectivity index (χ1) is 13.1. The minimum Gasteiger partial charge on any atom is -0.493 e. The van der Waals surface area contributed by atoms with Crippen molar-refractivity contribution in [1.82, 2.24) is 15.1 Å². The number of methoxy groups -OCH3 is 1. The summed E-state index contributed by atoms with van der Waals surface area (Å²) < 4.78 is 10.9. The van der Waals surface area contributed by atoms with E-state index in [4.69, 9.17) is 9.47 Å². The van der Waals surface area contributed by atoms with E-state index in [1.54, 1.807) is 29.3 Å². The van der Waals surface area contributed by atoms with Gasteiger partial charge in [0.1, 0.15) is 0 Å². The van der Waals surface area contributed by atoms with Gasteiger partial charge in [0.15, 0.2) is 29.7 Å². The molecule has 0 aliphatic carbocycles. The molecule has 142 valence electrons. The Labute approximate surface area is 157 Å². The molecule has 1 amide bonds. The lowest BCUT2D eigenvalue weighted by Crippen LogP contribution is -2.50. The van der Waals surface area contributed by atoms with Gasteiger partial charge in [0, 0.05) is 37.9 Å². The molecule has 1 saturated heterocycles. The van der Waals surface area contributed by atoms with Crippen LogP contribution in [0.2, 0.25) is 0 Å². The van der Waals surface area contributed by atoms with Crippen molar-refractivity contribution in [2.24, 2.45) is 0 Å². The van der Waals surface area contributed by atoms with Crippen molar-refractivity contribution < 1.29 is 19.1 Å². The Morgan fingerprint density at radius 1 is 1.11 bits per heavy atom. The van der Waals surface area contributed by atoms with Gasteiger partial charge in [-0.2, -0.15) is 5.10 Å². The number of ether oxygens (including phenoxy) is 2. The van der Waals surface area contributed by atoms with Gasteiger partial charge in [0.05, 0.1) is 7.11 Å². The molecule has 1 aromatic carbocycles. The number of hydrogen-bond acceptors (Lipinski definition) is 7. The highest BCUT2D eigenvalue weighted by atomic mass is 16.5. The molecule has 0 atom stereocenters. The molecule has 0 N–H and O–H groups in total. The van der Waals surface area contributed by atoms with Crippen LogP contribution in [0.4, 0.5) is 5.82 Å². The molecule has 8 heteroatoms. The first-order valence-electron chi connectivity index (χ1n) is 8.70. The van der Waals surface area contributed by atoms with Crippen LogP contribution in [0.15, 0.2) is 36.5 Å². The van der Waals surface area contributed by atoms with E-state index < -0.39 is 0 Å². The Balaban J connectivity index is 1.54. The predicted molar refractivity (Wildman–Crippen MR) is 99.3 cm³/mol. The smallest absolute Gasteiger partial charge is 0.260 e. The fraction of sp³-hybridized carbons (Fsp3) is 0.368. The lowest BCUT2D eigenvalue weighted by Gasteiger charge is -2.35. The van der Waals surface area contributed by atoms with Gasteiger partial charge < -0.3 is 19.3 Å². The number of hydrogen-bond donors (Lipinski definition) is 0. The van der Waals surface area contributed by atoms with Crippen LogP contribution in [-0.4, -0.2) is 66.7 Å². The van der Waals surface area contributed by atoms with Crippen LogP contribution in [0.25, 0.3) is 0 Å². The van der Waals surface area contributed by atoms with Gasteiger partial charge in [-0.15, -0.1) is 5.10 Å². The SMILES string of the molecule is COc1cc(C(C)=O)ccc1OCC(=O)N1CCN(c2cccnn2)CC1. The third kappa shape index (κ3) is 4.52. The number of rotatable bonds is 6. The number of carbonyl (C=O) groups is 2. The lowest BCUT2D eigenvalue weighted by atomic mass is 10.1. The van der Waals surface area contributed by atoms with E-state index in [1.807, 2.05) is 12.1 Å². The number of aromatic nitrogens is 2. The summed E-state index contributed by atoms with van der Waals surface area (Å²) in [6.07, 6.45) is 1.64. The van der Waals surface area contributed by atoms with Gasteiger partial charge in [0.25, 0.3) is 5.91 Å². The summed E-state index contributed by atoms with van der Waals surface area (Å²) in [4.78, 5) is 27.8. The summed E-state index contributed by atoms with van der Waals surface area (Å²) in [5.41, 5.74) is 0.533. The second-order valence-corrected chi connectivity index (χ2v) is 6.16. The van der Waals surface area contributed by atoms with Crippen molar-refractivity contribution in [3.8, 4) is 11.5 Å². The molecule has 3 rings (SSSR count). The largest absolute Gasteiger partial charge is 0.493 e. The number of nitrogens with zero attached hydrogens (tertiary/aromatic N) is 4. The summed E-state index contributed by atoms with van der Waals surface area (Å²) in [7, 11) is 1.50. The zero-order chi connectivity index (χ0) is 19.2. The zero-order valence-electron chi connectivity index (χ0n) is 15.4. The van der Waals surface area contributed by atoms with Gasteiger partial charge in [-0.25, -0.2) is 0 Å². The van der Waals surface area contributed by atoms with Gasteiger partial charge in [-0.1, -0.05) is 0 Å². The molecule has 1 aliphatic rings. The Bertz CT molecular complexity index is 805. The molecule has 2 aromatic rings. The third-order valence-corrected chi connectivity index (χ3v) is 4.44. The maximum atomic E-state index is 12.4. The van der Waals surface area contributed by atoms with Gasteiger partial charge in [0.2, 0.25) is 0 Å². The molecule has 0 bridgehead atoms. The lowest BCUT2D eigenvalue weighted by molar-refractivity contribution is -0.133. The van der Waals surface area contributed by atoms with E-state index in [0.717, 1.165) is 5.82 Å². The van der Waals surface area contributed by atoms with E-state index in [1.165, 1.54) is 14.0 Å². The second kappa shape index (κ2) is 8.48. The number of piperazine rings is 1. The molecular formula is C19H22N4O4. The summed E-state index contributed by atoms with van der Waals surface area (Å²) >= 11 is 0. The first-order valence-corrected chi connectivity index (χ1v) is 8.70. The van der Waals surface area contributed by atoms with Crippen LogP contribution in [0, 0.1) is 0 Å². The maximum Gasteiger partial charge on any atom is 0.260 e. The van der Waals surface area contributed by atoms with Crippen LogP contribution in [0.1, 0.15) is 17.3 Å². The Hall–Kier alpha value is -3.16. The minimum atomic E-state index is -0.0912. The highest BCUT2D eigenvalue weighted by molar-refractivity contribution is 5.94. The van der Waals surface area contributed by atoms with Crippen LogP contribution >= 0.6 is 0 Å². The zero-order valence-corrected chi connectivity index (χ0v) is 15.4. The average molecular weight is 370 g/mol. The molecule has 8 nitrogen and oxygen atoms in total. The van der Waals surface area contributed by atoms with Crippen LogP contribution in [0.3, 0.4) is 0 Å². The van der Waals surface area contributed by atoms with Crippen molar-refractivity contribution >= 4 is 17.5 Å². The van der Waals surface area contributed by atoms with Crippen molar-refractivity contribution in [3.63, 3.8) is 0 Å². The Morgan fingerprint density at radius 2 is 1.89 bits per heavy atom. The van der Waals surface area contributed by atoms with E-state index in [0.29, 0.717) is 43.2 Å². The van der Waals surface area contributed by atoms with Crippen molar-refractivity contribution in [2.45, 2.75) is 6.92 Å². The van der Waals surface area contributed by atoms with Crippen LogP contribution in [-0.2, 0) is 4.79 Å². The van der Waals surface area contributed by atoms with Gasteiger partial charge in [-0.05, 0) is 37.3 Å². The van der Waals surface area contributed by atoms with E-state index >= 15 is 0 Å². The third-order valence-electron chi connectivity index (χ3n) is 4.44. The molecule has 1 aliphatic heterocycles. The number of carbonyl (C=O) groups excluding carboxylic acids is 2. The summed E-state index contributed by atoms with van der Waals surface area (Å²) in [6.45, 7) is 3.99. The molecule has 27 heavy (non-hydrogen) atoms. The summed E-state index contributed by atoms with van der Waals surface area (Å²) in [5.74, 6) is 1.54. The average Bonchev–Trinajstić information content (AvgIpc) is 2.72. The fourth-order valence-electron chi connectivity index (χ4n) is 2.88. The monoisotopic (exact) mass is 370 g/mol. The Kier molecular flexibility index (Phi) is 5.85. The molecule has 0 spiro atoms. The molecular weight excluding hydrogens is 348 g/mol. The first kappa shape index (κ1) is 18.6. The quantitative estimate of drug-likeness (QED) is 0.711. The van der Waals surface area contributed by atoms with Crippen LogP contribution in [0.5, 0.6) is 11.5 Å². The van der Waals surface area contributed by atoms with Crippen molar-refractivity contribution in [1.29, 1.82) is 0 Å².